The first kappa shape index (κ1) is 15.5. The van der Waals surface area contributed by atoms with Crippen LogP contribution in [0.15, 0.2) is 24.3 Å². The summed E-state index contributed by atoms with van der Waals surface area (Å²) in [6.45, 7) is 5.18. The highest BCUT2D eigenvalue weighted by atomic mass is 16.8. The molecule has 4 rings (SSSR count). The Labute approximate surface area is 138 Å². The van der Waals surface area contributed by atoms with Crippen molar-refractivity contribution in [3.8, 4) is 0 Å². The third kappa shape index (κ3) is 2.56. The summed E-state index contributed by atoms with van der Waals surface area (Å²) in [5, 5.41) is 8.38. The lowest BCUT2D eigenvalue weighted by Crippen LogP contribution is -2.33. The maximum Gasteiger partial charge on any atom is 0.302 e. The normalized spacial score (nSPS) is 31.3. The van der Waals surface area contributed by atoms with E-state index in [1.807, 2.05) is 38.1 Å². The molecule has 0 radical (unpaired) electrons. The van der Waals surface area contributed by atoms with Crippen LogP contribution in [-0.4, -0.2) is 51.7 Å². The van der Waals surface area contributed by atoms with Crippen LogP contribution in [0.1, 0.15) is 27.0 Å². The second kappa shape index (κ2) is 5.51. The van der Waals surface area contributed by atoms with Crippen LogP contribution >= 0.6 is 0 Å². The lowest BCUT2D eigenvalue weighted by atomic mass is 10.1. The van der Waals surface area contributed by atoms with E-state index >= 15 is 0 Å². The zero-order valence-corrected chi connectivity index (χ0v) is 13.7. The highest BCUT2D eigenvalue weighted by Crippen LogP contribution is 2.43. The van der Waals surface area contributed by atoms with E-state index in [2.05, 4.69) is 10.3 Å². The predicted octanol–water partition coefficient (Wildman–Crippen LogP) is 1.41. The number of aromatic nitrogens is 3. The molecular formula is C16H19N3O5. The van der Waals surface area contributed by atoms with Crippen molar-refractivity contribution in [1.29, 1.82) is 0 Å². The summed E-state index contributed by atoms with van der Waals surface area (Å²) in [7, 11) is 0. The molecule has 0 amide bonds. The van der Waals surface area contributed by atoms with Crippen LogP contribution in [0.4, 0.5) is 0 Å². The third-order valence-corrected chi connectivity index (χ3v) is 4.19. The molecule has 8 nitrogen and oxygen atoms in total. The zero-order chi connectivity index (χ0) is 16.9. The van der Waals surface area contributed by atoms with Gasteiger partial charge in [-0.15, -0.1) is 5.10 Å². The summed E-state index contributed by atoms with van der Waals surface area (Å²) in [5.41, 5.74) is 1.63. The fraction of sp³-hybridized carbons (Fsp3) is 0.562. The Hall–Kier alpha value is -2.03. The maximum absolute atomic E-state index is 11.1. The van der Waals surface area contributed by atoms with Gasteiger partial charge in [-0.3, -0.25) is 4.79 Å². The Morgan fingerprint density at radius 3 is 2.83 bits per heavy atom. The van der Waals surface area contributed by atoms with Gasteiger partial charge in [-0.2, -0.15) is 0 Å². The van der Waals surface area contributed by atoms with Crippen LogP contribution in [0, 0.1) is 0 Å². The van der Waals surface area contributed by atoms with Crippen LogP contribution in [0.2, 0.25) is 0 Å². The number of carbonyl (C=O) groups is 1. The summed E-state index contributed by atoms with van der Waals surface area (Å²) in [4.78, 5) is 11.1. The molecule has 1 aromatic carbocycles. The summed E-state index contributed by atoms with van der Waals surface area (Å²) in [6.07, 6.45) is -1.61. The lowest BCUT2D eigenvalue weighted by Gasteiger charge is -2.24. The molecule has 0 aliphatic carbocycles. The van der Waals surface area contributed by atoms with Gasteiger partial charge in [-0.05, 0) is 26.0 Å². The van der Waals surface area contributed by atoms with Crippen molar-refractivity contribution in [1.82, 2.24) is 15.0 Å². The van der Waals surface area contributed by atoms with Crippen molar-refractivity contribution in [2.24, 2.45) is 0 Å². The van der Waals surface area contributed by atoms with E-state index in [1.54, 1.807) is 4.68 Å². The van der Waals surface area contributed by atoms with Gasteiger partial charge in [0.25, 0.3) is 0 Å². The first-order chi connectivity index (χ1) is 11.4. The molecule has 2 saturated heterocycles. The molecule has 0 bridgehead atoms. The number of hydrogen-bond acceptors (Lipinski definition) is 7. The first-order valence-corrected chi connectivity index (χ1v) is 7.89. The Balaban J connectivity index is 1.66. The van der Waals surface area contributed by atoms with Gasteiger partial charge >= 0.3 is 5.97 Å². The van der Waals surface area contributed by atoms with Crippen molar-refractivity contribution >= 4 is 17.0 Å². The Bertz CT molecular complexity index is 774. The smallest absolute Gasteiger partial charge is 0.302 e. The summed E-state index contributed by atoms with van der Waals surface area (Å²) < 4.78 is 24.8. The molecule has 0 unspecified atom stereocenters. The summed E-state index contributed by atoms with van der Waals surface area (Å²) in [5.74, 6) is -1.09. The number of fused-ring (bicyclic) bond motifs is 2. The summed E-state index contributed by atoms with van der Waals surface area (Å²) >= 11 is 0. The van der Waals surface area contributed by atoms with Gasteiger partial charge in [-0.25, -0.2) is 4.68 Å². The largest absolute Gasteiger partial charge is 0.463 e. The van der Waals surface area contributed by atoms with Crippen molar-refractivity contribution in [2.45, 2.75) is 51.1 Å². The molecule has 0 saturated carbocycles. The molecule has 128 valence electrons. The molecule has 2 fully saturated rings. The number of hydrogen-bond donors (Lipinski definition) is 0. The van der Waals surface area contributed by atoms with Crippen LogP contribution in [0.25, 0.3) is 11.0 Å². The van der Waals surface area contributed by atoms with E-state index in [1.165, 1.54) is 6.92 Å². The quantitative estimate of drug-likeness (QED) is 0.785. The van der Waals surface area contributed by atoms with Gasteiger partial charge in [0.2, 0.25) is 0 Å². The minimum atomic E-state index is -0.734. The number of nitrogens with zero attached hydrogens (tertiary/aromatic N) is 3. The Morgan fingerprint density at radius 2 is 2.04 bits per heavy atom. The van der Waals surface area contributed by atoms with E-state index in [-0.39, 0.29) is 24.8 Å². The molecular weight excluding hydrogens is 314 g/mol. The van der Waals surface area contributed by atoms with Crippen LogP contribution < -0.4 is 0 Å². The van der Waals surface area contributed by atoms with Crippen LogP contribution in [0.3, 0.4) is 0 Å². The maximum atomic E-state index is 11.1. The number of benzene rings is 1. The average molecular weight is 333 g/mol. The Kier molecular flexibility index (Phi) is 3.56. The number of ether oxygens (including phenoxy) is 4. The van der Waals surface area contributed by atoms with Crippen molar-refractivity contribution in [3.63, 3.8) is 0 Å². The fourth-order valence-electron chi connectivity index (χ4n) is 3.26. The lowest BCUT2D eigenvalue weighted by molar-refractivity contribution is -0.203. The van der Waals surface area contributed by atoms with Gasteiger partial charge in [0.15, 0.2) is 12.0 Å². The van der Waals surface area contributed by atoms with Gasteiger partial charge in [0.1, 0.15) is 30.4 Å². The molecule has 2 aliphatic rings. The molecule has 0 N–H and O–H groups in total. The molecule has 8 heteroatoms. The number of esters is 1. The molecule has 4 atom stereocenters. The van der Waals surface area contributed by atoms with Gasteiger partial charge in [0, 0.05) is 6.92 Å². The minimum Gasteiger partial charge on any atom is -0.463 e. The highest BCUT2D eigenvalue weighted by molar-refractivity contribution is 5.74. The minimum absolute atomic E-state index is 0.110. The van der Waals surface area contributed by atoms with E-state index in [9.17, 15) is 4.79 Å². The molecule has 2 aliphatic heterocycles. The van der Waals surface area contributed by atoms with E-state index in [4.69, 9.17) is 18.9 Å². The van der Waals surface area contributed by atoms with Gasteiger partial charge in [0.05, 0.1) is 5.52 Å². The Morgan fingerprint density at radius 1 is 1.29 bits per heavy atom. The molecule has 3 heterocycles. The second-order valence-electron chi connectivity index (χ2n) is 6.46. The van der Waals surface area contributed by atoms with E-state index in [0.717, 1.165) is 11.0 Å². The summed E-state index contributed by atoms with van der Waals surface area (Å²) in [6, 6.07) is 7.63. The third-order valence-electron chi connectivity index (χ3n) is 4.19. The number of rotatable bonds is 3. The molecule has 1 aromatic heterocycles. The number of para-hydroxylation sites is 1. The van der Waals surface area contributed by atoms with Crippen molar-refractivity contribution in [2.75, 3.05) is 6.61 Å². The second-order valence-corrected chi connectivity index (χ2v) is 6.46. The van der Waals surface area contributed by atoms with Crippen molar-refractivity contribution < 1.29 is 23.7 Å². The predicted molar refractivity (Wildman–Crippen MR) is 81.9 cm³/mol. The van der Waals surface area contributed by atoms with Crippen molar-refractivity contribution in [3.05, 3.63) is 24.3 Å². The standard InChI is InChI=1S/C16H19N3O5/c1-9(20)21-8-12-13-14(24-16(2,3)23-13)15(22-12)19-11-7-5-4-6-10(11)17-18-19/h4-7,12-15H,8H2,1-3H3/t12-,13-,14-,15-/m1/s1. The van der Waals surface area contributed by atoms with E-state index in [0.29, 0.717) is 0 Å². The SMILES string of the molecule is CC(=O)OC[C@H]1O[C@@H](n2nnc3ccccc32)[C@@H]2OC(C)(C)O[C@@H]21. The molecule has 2 aromatic rings. The molecule has 0 spiro atoms. The average Bonchev–Trinajstić information content (AvgIpc) is 3.16. The monoisotopic (exact) mass is 333 g/mol. The van der Waals surface area contributed by atoms with Gasteiger partial charge in [-0.1, -0.05) is 17.3 Å². The highest BCUT2D eigenvalue weighted by Gasteiger charge is 2.56. The first-order valence-electron chi connectivity index (χ1n) is 7.89. The number of carbonyl (C=O) groups excluding carboxylic acids is 1. The topological polar surface area (TPSA) is 84.7 Å². The van der Waals surface area contributed by atoms with E-state index < -0.39 is 18.1 Å². The van der Waals surface area contributed by atoms with Gasteiger partial charge < -0.3 is 18.9 Å². The van der Waals surface area contributed by atoms with Crippen LogP contribution in [-0.2, 0) is 23.7 Å². The fourth-order valence-corrected chi connectivity index (χ4v) is 3.26. The van der Waals surface area contributed by atoms with Crippen LogP contribution in [0.5, 0.6) is 0 Å². The zero-order valence-electron chi connectivity index (χ0n) is 13.7. The molecule has 24 heavy (non-hydrogen) atoms.